The van der Waals surface area contributed by atoms with Crippen LogP contribution in [0.25, 0.3) is 0 Å². The third kappa shape index (κ3) is 17.9. The average molecular weight is 460 g/mol. The summed E-state index contributed by atoms with van der Waals surface area (Å²) in [6.45, 7) is 11.8. The molecule has 0 aliphatic carbocycles. The van der Waals surface area contributed by atoms with Crippen LogP contribution in [0.15, 0.2) is 24.3 Å². The van der Waals surface area contributed by atoms with Gasteiger partial charge in [-0.25, -0.2) is 0 Å². The maximum atomic E-state index is 12.1. The van der Waals surface area contributed by atoms with Gasteiger partial charge < -0.3 is 14.4 Å². The van der Waals surface area contributed by atoms with Crippen molar-refractivity contribution in [2.75, 3.05) is 37.7 Å². The molecule has 0 aliphatic heterocycles. The van der Waals surface area contributed by atoms with Crippen molar-refractivity contribution >= 4 is 33.5 Å². The number of hydrogen-bond acceptors (Lipinski definition) is 7. The first-order chi connectivity index (χ1) is 14.6. The predicted molar refractivity (Wildman–Crippen MR) is 131 cm³/mol. The number of unbranched alkanes of at least 4 members (excludes halogenated alkanes) is 2. The topological polar surface area (TPSA) is 55.8 Å². The van der Waals surface area contributed by atoms with Gasteiger partial charge in [-0.1, -0.05) is 79.5 Å². The van der Waals surface area contributed by atoms with Crippen molar-refractivity contribution in [1.29, 1.82) is 0 Å². The summed E-state index contributed by atoms with van der Waals surface area (Å²) in [5.74, 6) is 0.0332. The lowest BCUT2D eigenvalue weighted by Crippen LogP contribution is -2.25. The molecule has 0 aromatic heterocycles. The Morgan fingerprint density at radius 1 is 0.967 bits per heavy atom. The lowest BCUT2D eigenvalue weighted by atomic mass is 10.1. The fourth-order valence-electron chi connectivity index (χ4n) is 2.72. The van der Waals surface area contributed by atoms with Gasteiger partial charge in [0.2, 0.25) is 0 Å². The molecule has 0 aromatic carbocycles. The van der Waals surface area contributed by atoms with E-state index in [0.29, 0.717) is 6.61 Å². The smallest absolute Gasteiger partial charge is 0.317 e. The number of rotatable bonds is 19. The summed E-state index contributed by atoms with van der Waals surface area (Å²) in [6.07, 6.45) is 13.7. The molecule has 174 valence electrons. The molecule has 1 atom stereocenters. The van der Waals surface area contributed by atoms with E-state index < -0.39 is 0 Å². The molecule has 0 rings (SSSR count). The summed E-state index contributed by atoms with van der Waals surface area (Å²) in [7, 11) is 2.69. The monoisotopic (exact) mass is 459 g/mol. The molecule has 5 nitrogen and oxygen atoms in total. The fourth-order valence-corrected chi connectivity index (χ4v) is 4.31. The van der Waals surface area contributed by atoms with Crippen LogP contribution in [0.2, 0.25) is 0 Å². The summed E-state index contributed by atoms with van der Waals surface area (Å²) in [5, 5.41) is 0. The zero-order valence-electron chi connectivity index (χ0n) is 19.3. The van der Waals surface area contributed by atoms with Gasteiger partial charge >= 0.3 is 11.9 Å². The van der Waals surface area contributed by atoms with Crippen LogP contribution in [0.5, 0.6) is 0 Å². The SMILES string of the molecule is C/C=C/C=C/CC(CCCCC)OC(=O)CSSCC(=O)OCCCN(CC)CC. The Labute approximate surface area is 191 Å². The minimum absolute atomic E-state index is 0.0769. The largest absolute Gasteiger partial charge is 0.465 e. The minimum Gasteiger partial charge on any atom is -0.465 e. The molecule has 0 N–H and O–H groups in total. The zero-order valence-corrected chi connectivity index (χ0v) is 20.9. The quantitative estimate of drug-likeness (QED) is 0.107. The molecule has 0 bridgehead atoms. The Bertz CT molecular complexity index is 494. The van der Waals surface area contributed by atoms with Crippen molar-refractivity contribution < 1.29 is 19.1 Å². The number of esters is 2. The molecule has 0 fully saturated rings. The summed E-state index contributed by atoms with van der Waals surface area (Å²) < 4.78 is 10.9. The van der Waals surface area contributed by atoms with E-state index in [1.54, 1.807) is 0 Å². The van der Waals surface area contributed by atoms with Crippen molar-refractivity contribution in [3.63, 3.8) is 0 Å². The lowest BCUT2D eigenvalue weighted by Gasteiger charge is -2.17. The predicted octanol–water partition coefficient (Wildman–Crippen LogP) is 5.66. The molecule has 30 heavy (non-hydrogen) atoms. The highest BCUT2D eigenvalue weighted by Crippen LogP contribution is 2.22. The molecule has 0 heterocycles. The Balaban J connectivity index is 3.99. The normalized spacial score (nSPS) is 12.7. The summed E-state index contributed by atoms with van der Waals surface area (Å²) in [4.78, 5) is 26.2. The number of nitrogens with zero attached hydrogens (tertiary/aromatic N) is 1. The first-order valence-corrected chi connectivity index (χ1v) is 13.7. The third-order valence-corrected chi connectivity index (χ3v) is 6.56. The van der Waals surface area contributed by atoms with Crippen LogP contribution in [0.1, 0.15) is 66.2 Å². The molecule has 0 radical (unpaired) electrons. The zero-order chi connectivity index (χ0) is 22.5. The van der Waals surface area contributed by atoms with Gasteiger partial charge in [-0.15, -0.1) is 0 Å². The maximum Gasteiger partial charge on any atom is 0.317 e. The van der Waals surface area contributed by atoms with Gasteiger partial charge in [0, 0.05) is 13.0 Å². The molecule has 0 aliphatic rings. The second-order valence-electron chi connectivity index (χ2n) is 6.92. The van der Waals surface area contributed by atoms with Gasteiger partial charge in [-0.3, -0.25) is 9.59 Å². The summed E-state index contributed by atoms with van der Waals surface area (Å²) >= 11 is 0. The number of carbonyl (C=O) groups is 2. The molecule has 0 saturated heterocycles. The second kappa shape index (κ2) is 21.3. The van der Waals surface area contributed by atoms with Crippen LogP contribution in [0.3, 0.4) is 0 Å². The van der Waals surface area contributed by atoms with Gasteiger partial charge in [0.25, 0.3) is 0 Å². The van der Waals surface area contributed by atoms with Gasteiger partial charge in [0.1, 0.15) is 17.6 Å². The van der Waals surface area contributed by atoms with E-state index in [2.05, 4.69) is 25.7 Å². The summed E-state index contributed by atoms with van der Waals surface area (Å²) in [6, 6.07) is 0. The van der Waals surface area contributed by atoms with E-state index in [1.807, 2.05) is 31.2 Å². The van der Waals surface area contributed by atoms with Crippen molar-refractivity contribution in [3.8, 4) is 0 Å². The van der Waals surface area contributed by atoms with E-state index in [9.17, 15) is 9.59 Å². The Morgan fingerprint density at radius 3 is 2.30 bits per heavy atom. The van der Waals surface area contributed by atoms with E-state index in [1.165, 1.54) is 21.6 Å². The lowest BCUT2D eigenvalue weighted by molar-refractivity contribution is -0.146. The van der Waals surface area contributed by atoms with E-state index >= 15 is 0 Å². The molecule has 0 amide bonds. The maximum absolute atomic E-state index is 12.1. The van der Waals surface area contributed by atoms with Gasteiger partial charge in [-0.2, -0.15) is 0 Å². The van der Waals surface area contributed by atoms with Crippen LogP contribution < -0.4 is 0 Å². The van der Waals surface area contributed by atoms with E-state index in [-0.39, 0.29) is 29.5 Å². The van der Waals surface area contributed by atoms with Crippen molar-refractivity contribution in [1.82, 2.24) is 4.90 Å². The standard InChI is InChI=1S/C23H41NO4S2/c1-5-9-11-13-16-21(15-12-10-6-2)28-23(26)20-30-29-19-22(25)27-18-14-17-24(7-3)8-4/h5,9,11,13,21H,6-8,10,12,14-20H2,1-4H3/b9-5+,13-11+. The van der Waals surface area contributed by atoms with Crippen LogP contribution in [-0.4, -0.2) is 60.7 Å². The second-order valence-corrected chi connectivity index (χ2v) is 9.39. The third-order valence-electron chi connectivity index (χ3n) is 4.48. The molecule has 7 heteroatoms. The van der Waals surface area contributed by atoms with Gasteiger partial charge in [0.15, 0.2) is 0 Å². The molecular formula is C23H41NO4S2. The van der Waals surface area contributed by atoms with Gasteiger partial charge in [-0.05, 0) is 39.3 Å². The molecule has 0 spiro atoms. The first-order valence-electron chi connectivity index (χ1n) is 11.2. The highest BCUT2D eigenvalue weighted by molar-refractivity contribution is 8.77. The Kier molecular flexibility index (Phi) is 20.7. The number of allylic oxidation sites excluding steroid dienone is 3. The number of carbonyl (C=O) groups excluding carboxylic acids is 2. The van der Waals surface area contributed by atoms with Crippen LogP contribution in [0.4, 0.5) is 0 Å². The van der Waals surface area contributed by atoms with Crippen LogP contribution in [-0.2, 0) is 19.1 Å². The van der Waals surface area contributed by atoms with E-state index in [4.69, 9.17) is 9.47 Å². The number of hydrogen-bond donors (Lipinski definition) is 0. The highest BCUT2D eigenvalue weighted by atomic mass is 33.1. The summed E-state index contributed by atoms with van der Waals surface area (Å²) in [5.41, 5.74) is 0. The number of ether oxygens (including phenoxy) is 2. The molecular weight excluding hydrogens is 418 g/mol. The molecule has 0 saturated carbocycles. The minimum atomic E-state index is -0.230. The Morgan fingerprint density at radius 2 is 1.67 bits per heavy atom. The fraction of sp³-hybridized carbons (Fsp3) is 0.739. The van der Waals surface area contributed by atoms with Crippen LogP contribution in [0, 0.1) is 0 Å². The van der Waals surface area contributed by atoms with Crippen molar-refractivity contribution in [3.05, 3.63) is 24.3 Å². The van der Waals surface area contributed by atoms with Gasteiger partial charge in [0.05, 0.1) is 6.61 Å². The van der Waals surface area contributed by atoms with Crippen molar-refractivity contribution in [2.24, 2.45) is 0 Å². The van der Waals surface area contributed by atoms with Crippen LogP contribution >= 0.6 is 21.6 Å². The molecule has 1 unspecified atom stereocenters. The van der Waals surface area contributed by atoms with E-state index in [0.717, 1.165) is 58.2 Å². The van der Waals surface area contributed by atoms with Crippen molar-refractivity contribution in [2.45, 2.75) is 72.3 Å². The molecule has 0 aromatic rings. The highest BCUT2D eigenvalue weighted by Gasteiger charge is 2.14. The Hall–Kier alpha value is -0.920. The first kappa shape index (κ1) is 29.1. The average Bonchev–Trinajstić information content (AvgIpc) is 2.74.